The van der Waals surface area contributed by atoms with E-state index in [1.807, 2.05) is 11.3 Å². The maximum Gasteiger partial charge on any atom is 0.0465 e. The topological polar surface area (TPSA) is 3.24 Å². The van der Waals surface area contributed by atoms with E-state index in [0.717, 1.165) is 17.1 Å². The minimum Gasteiger partial charge on any atom is -0.310 e. The molecule has 0 saturated carbocycles. The second-order valence-electron chi connectivity index (χ2n) is 17.3. The van der Waals surface area contributed by atoms with E-state index in [0.29, 0.717) is 0 Å². The smallest absolute Gasteiger partial charge is 0.0465 e. The number of anilines is 3. The maximum absolute atomic E-state index is 2.43. The zero-order valence-electron chi connectivity index (χ0n) is 35.2. The van der Waals surface area contributed by atoms with Crippen LogP contribution >= 0.6 is 11.3 Å². The van der Waals surface area contributed by atoms with Gasteiger partial charge in [0.2, 0.25) is 0 Å². The minimum atomic E-state index is -0.175. The van der Waals surface area contributed by atoms with Gasteiger partial charge in [-0.05, 0) is 126 Å². The fourth-order valence-electron chi connectivity index (χ4n) is 10.0. The second-order valence-corrected chi connectivity index (χ2v) is 18.3. The lowest BCUT2D eigenvalue weighted by Gasteiger charge is -2.28. The average molecular weight is 822 g/mol. The van der Waals surface area contributed by atoms with Crippen molar-refractivity contribution >= 4 is 59.3 Å². The number of hydrogen-bond acceptors (Lipinski definition) is 2. The number of nitrogens with zero attached hydrogens (tertiary/aromatic N) is 1. The molecule has 0 spiro atoms. The summed E-state index contributed by atoms with van der Waals surface area (Å²) in [6.45, 7) is 4.76. The largest absolute Gasteiger partial charge is 0.310 e. The van der Waals surface area contributed by atoms with Crippen molar-refractivity contribution < 1.29 is 0 Å². The maximum atomic E-state index is 2.43. The van der Waals surface area contributed by atoms with E-state index in [4.69, 9.17) is 0 Å². The van der Waals surface area contributed by atoms with Gasteiger partial charge in [0.25, 0.3) is 0 Å². The van der Waals surface area contributed by atoms with Gasteiger partial charge in [-0.25, -0.2) is 0 Å². The SMILES string of the molecule is CC1(C)c2cc(-c3ccccc3)ccc2-c2ccc(N(c3ccc(-c4ccc(-c5cccc6ccccc56)cc4)cc3)c3ccc(-c4cccc5c4sc4ccccc45)cc3)cc21. The van der Waals surface area contributed by atoms with E-state index in [1.54, 1.807) is 0 Å². The first-order valence-corrected chi connectivity index (χ1v) is 22.6. The predicted molar refractivity (Wildman–Crippen MR) is 271 cm³/mol. The molecule has 0 aliphatic heterocycles. The van der Waals surface area contributed by atoms with Gasteiger partial charge in [-0.1, -0.05) is 190 Å². The van der Waals surface area contributed by atoms with Crippen LogP contribution in [0.4, 0.5) is 17.1 Å². The molecule has 2 heteroatoms. The van der Waals surface area contributed by atoms with Gasteiger partial charge in [-0.3, -0.25) is 0 Å². The highest BCUT2D eigenvalue weighted by Gasteiger charge is 2.36. The van der Waals surface area contributed by atoms with Crippen molar-refractivity contribution in [3.8, 4) is 55.6 Å². The molecule has 1 heterocycles. The Labute approximate surface area is 372 Å². The molecular weight excluding hydrogens is 779 g/mol. The first kappa shape index (κ1) is 37.3. The Morgan fingerprint density at radius 1 is 0.333 bits per heavy atom. The first-order chi connectivity index (χ1) is 31.0. The van der Waals surface area contributed by atoms with Crippen molar-refractivity contribution in [1.82, 2.24) is 0 Å². The summed E-state index contributed by atoms with van der Waals surface area (Å²) in [6, 6.07) is 82.8. The van der Waals surface area contributed by atoms with Crippen LogP contribution in [-0.2, 0) is 5.41 Å². The van der Waals surface area contributed by atoms with Crippen LogP contribution in [0.15, 0.2) is 224 Å². The molecule has 1 aliphatic carbocycles. The average Bonchev–Trinajstić information content (AvgIpc) is 3.84. The highest BCUT2D eigenvalue weighted by Crippen LogP contribution is 2.52. The van der Waals surface area contributed by atoms with E-state index < -0.39 is 0 Å². The standard InChI is InChI=1S/C61H43NS/c1-61(2)57-38-46(40-12-4-3-5-13-40)30-36-53(57)54-37-35-49(39-58(54)61)62(48-33-28-45(29-34-48)52-19-11-20-56-55-17-8-9-21-59(55)63-60(52)56)47-31-26-42(27-32-47)41-22-24-44(25-23-41)51-18-10-15-43-14-6-7-16-50(43)51/h3-39H,1-2H3. The van der Waals surface area contributed by atoms with Crippen molar-refractivity contribution in [2.45, 2.75) is 19.3 Å². The molecule has 0 N–H and O–H groups in total. The molecule has 1 aliphatic rings. The van der Waals surface area contributed by atoms with Crippen molar-refractivity contribution in [2.24, 2.45) is 0 Å². The molecule has 0 radical (unpaired) electrons. The Hall–Kier alpha value is -7.52. The summed E-state index contributed by atoms with van der Waals surface area (Å²) in [5.74, 6) is 0. The molecule has 298 valence electrons. The van der Waals surface area contributed by atoms with Gasteiger partial charge >= 0.3 is 0 Å². The zero-order valence-corrected chi connectivity index (χ0v) is 36.0. The molecule has 0 bridgehead atoms. The van der Waals surface area contributed by atoms with Gasteiger partial charge in [-0.2, -0.15) is 0 Å². The molecule has 0 fully saturated rings. The number of fused-ring (bicyclic) bond motifs is 7. The Bertz CT molecular complexity index is 3500. The van der Waals surface area contributed by atoms with E-state index >= 15 is 0 Å². The molecule has 0 saturated heterocycles. The monoisotopic (exact) mass is 821 g/mol. The van der Waals surface area contributed by atoms with Crippen LogP contribution in [0.1, 0.15) is 25.0 Å². The number of benzene rings is 10. The Morgan fingerprint density at radius 3 is 1.59 bits per heavy atom. The number of hydrogen-bond donors (Lipinski definition) is 0. The lowest BCUT2D eigenvalue weighted by atomic mass is 9.81. The van der Waals surface area contributed by atoms with Crippen molar-refractivity contribution in [3.63, 3.8) is 0 Å². The first-order valence-electron chi connectivity index (χ1n) is 21.8. The summed E-state index contributed by atoms with van der Waals surface area (Å²) in [7, 11) is 0. The molecule has 63 heavy (non-hydrogen) atoms. The summed E-state index contributed by atoms with van der Waals surface area (Å²) < 4.78 is 2.66. The third kappa shape index (κ3) is 6.29. The van der Waals surface area contributed by atoms with E-state index in [2.05, 4.69) is 243 Å². The van der Waals surface area contributed by atoms with Crippen LogP contribution in [0.25, 0.3) is 86.6 Å². The second kappa shape index (κ2) is 14.8. The molecule has 10 aromatic carbocycles. The lowest BCUT2D eigenvalue weighted by Crippen LogP contribution is -2.16. The molecule has 12 rings (SSSR count). The fourth-order valence-corrected chi connectivity index (χ4v) is 11.2. The number of thiophene rings is 1. The molecule has 0 atom stereocenters. The molecule has 11 aromatic rings. The quantitative estimate of drug-likeness (QED) is 0.155. The normalized spacial score (nSPS) is 12.7. The molecule has 0 unspecified atom stereocenters. The highest BCUT2D eigenvalue weighted by atomic mass is 32.1. The predicted octanol–water partition coefficient (Wildman–Crippen LogP) is 17.7. The van der Waals surface area contributed by atoms with Crippen LogP contribution in [-0.4, -0.2) is 0 Å². The van der Waals surface area contributed by atoms with Crippen LogP contribution in [0.5, 0.6) is 0 Å². The third-order valence-electron chi connectivity index (χ3n) is 13.3. The van der Waals surface area contributed by atoms with Gasteiger partial charge < -0.3 is 4.90 Å². The van der Waals surface area contributed by atoms with Crippen molar-refractivity contribution in [2.75, 3.05) is 4.90 Å². The van der Waals surface area contributed by atoms with Gasteiger partial charge in [0.05, 0.1) is 0 Å². The van der Waals surface area contributed by atoms with Gasteiger partial charge in [0, 0.05) is 42.6 Å². The lowest BCUT2D eigenvalue weighted by molar-refractivity contribution is 0.660. The summed E-state index contributed by atoms with van der Waals surface area (Å²) >= 11 is 1.88. The van der Waals surface area contributed by atoms with Crippen molar-refractivity contribution in [1.29, 1.82) is 0 Å². The highest BCUT2D eigenvalue weighted by molar-refractivity contribution is 7.26. The Kier molecular flexibility index (Phi) is 8.77. The summed E-state index contributed by atoms with van der Waals surface area (Å²) in [5.41, 5.74) is 18.4. The van der Waals surface area contributed by atoms with Crippen LogP contribution in [0, 0.1) is 0 Å². The van der Waals surface area contributed by atoms with Crippen LogP contribution in [0.2, 0.25) is 0 Å². The fraction of sp³-hybridized carbons (Fsp3) is 0.0492. The molecule has 0 amide bonds. The van der Waals surface area contributed by atoms with E-state index in [9.17, 15) is 0 Å². The van der Waals surface area contributed by atoms with Gasteiger partial charge in [-0.15, -0.1) is 11.3 Å². The number of rotatable bonds is 7. The zero-order chi connectivity index (χ0) is 42.1. The summed E-state index contributed by atoms with van der Waals surface area (Å²) in [6.07, 6.45) is 0. The summed E-state index contributed by atoms with van der Waals surface area (Å²) in [5, 5.41) is 5.18. The van der Waals surface area contributed by atoms with Gasteiger partial charge in [0.15, 0.2) is 0 Å². The van der Waals surface area contributed by atoms with E-state index in [-0.39, 0.29) is 5.41 Å². The molecular formula is C61H43NS. The van der Waals surface area contributed by atoms with Gasteiger partial charge in [0.1, 0.15) is 0 Å². The van der Waals surface area contributed by atoms with E-state index in [1.165, 1.54) is 97.7 Å². The Morgan fingerprint density at radius 2 is 0.825 bits per heavy atom. The Balaban J connectivity index is 0.929. The van der Waals surface area contributed by atoms with Crippen LogP contribution < -0.4 is 4.90 Å². The summed E-state index contributed by atoms with van der Waals surface area (Å²) in [4.78, 5) is 2.42. The molecule has 1 nitrogen and oxygen atoms in total. The van der Waals surface area contributed by atoms with Crippen LogP contribution in [0.3, 0.4) is 0 Å². The molecule has 1 aromatic heterocycles. The third-order valence-corrected chi connectivity index (χ3v) is 14.5. The van der Waals surface area contributed by atoms with Crippen molar-refractivity contribution in [3.05, 3.63) is 236 Å². The minimum absolute atomic E-state index is 0.175.